The third kappa shape index (κ3) is 3.39. The smallest absolute Gasteiger partial charge is 0.257 e. The SMILES string of the molecule is Cc1ccc(C(=O)Nc2ncc(Br)nc2Br)c(C)c1. The van der Waals surface area contributed by atoms with Crippen LogP contribution in [0.1, 0.15) is 21.5 Å². The number of hydrogen-bond donors (Lipinski definition) is 1. The predicted molar refractivity (Wildman–Crippen MR) is 81.3 cm³/mol. The molecule has 98 valence electrons. The molecule has 1 amide bonds. The number of rotatable bonds is 2. The van der Waals surface area contributed by atoms with E-state index in [1.807, 2.05) is 26.0 Å². The summed E-state index contributed by atoms with van der Waals surface area (Å²) in [7, 11) is 0. The largest absolute Gasteiger partial charge is 0.304 e. The molecule has 2 aromatic rings. The van der Waals surface area contributed by atoms with Gasteiger partial charge in [-0.1, -0.05) is 17.7 Å². The molecular weight excluding hydrogens is 374 g/mol. The molecule has 0 atom stereocenters. The summed E-state index contributed by atoms with van der Waals surface area (Å²) >= 11 is 6.47. The third-order valence-corrected chi connectivity index (χ3v) is 3.49. The molecule has 0 aliphatic carbocycles. The van der Waals surface area contributed by atoms with Gasteiger partial charge >= 0.3 is 0 Å². The van der Waals surface area contributed by atoms with Crippen molar-refractivity contribution in [3.05, 3.63) is 50.3 Å². The molecule has 0 saturated carbocycles. The monoisotopic (exact) mass is 383 g/mol. The van der Waals surface area contributed by atoms with Gasteiger partial charge < -0.3 is 5.32 Å². The van der Waals surface area contributed by atoms with Gasteiger partial charge in [0.25, 0.3) is 5.91 Å². The van der Waals surface area contributed by atoms with E-state index in [1.54, 1.807) is 6.07 Å². The molecule has 0 radical (unpaired) electrons. The van der Waals surface area contributed by atoms with Crippen molar-refractivity contribution < 1.29 is 4.79 Å². The van der Waals surface area contributed by atoms with Crippen molar-refractivity contribution >= 4 is 43.6 Å². The van der Waals surface area contributed by atoms with Gasteiger partial charge in [0.1, 0.15) is 9.21 Å². The third-order valence-electron chi connectivity index (χ3n) is 2.56. The van der Waals surface area contributed by atoms with E-state index < -0.39 is 0 Å². The van der Waals surface area contributed by atoms with Crippen LogP contribution in [0.3, 0.4) is 0 Å². The number of benzene rings is 1. The minimum atomic E-state index is -0.199. The first-order valence-corrected chi connectivity index (χ1v) is 7.12. The second kappa shape index (κ2) is 5.79. The molecule has 0 aliphatic heterocycles. The molecule has 19 heavy (non-hydrogen) atoms. The summed E-state index contributed by atoms with van der Waals surface area (Å²) in [5, 5.41) is 2.73. The van der Waals surface area contributed by atoms with Crippen LogP contribution in [0.15, 0.2) is 33.6 Å². The molecule has 4 nitrogen and oxygen atoms in total. The molecule has 0 aliphatic rings. The fraction of sp³-hybridized carbons (Fsp3) is 0.154. The van der Waals surface area contributed by atoms with Gasteiger partial charge in [0.05, 0.1) is 6.20 Å². The lowest BCUT2D eigenvalue weighted by atomic mass is 10.1. The fourth-order valence-corrected chi connectivity index (χ4v) is 2.58. The number of hydrogen-bond acceptors (Lipinski definition) is 3. The molecule has 0 bridgehead atoms. The summed E-state index contributed by atoms with van der Waals surface area (Å²) < 4.78 is 1.09. The Hall–Kier alpha value is -1.27. The Morgan fingerprint density at radius 3 is 2.63 bits per heavy atom. The number of carbonyl (C=O) groups excluding carboxylic acids is 1. The molecular formula is C13H11Br2N3O. The van der Waals surface area contributed by atoms with E-state index in [9.17, 15) is 4.79 Å². The zero-order chi connectivity index (χ0) is 14.0. The molecule has 0 fully saturated rings. The minimum Gasteiger partial charge on any atom is -0.304 e. The van der Waals surface area contributed by atoms with E-state index >= 15 is 0 Å². The molecule has 0 unspecified atom stereocenters. The van der Waals surface area contributed by atoms with E-state index in [1.165, 1.54) is 6.20 Å². The van der Waals surface area contributed by atoms with Crippen molar-refractivity contribution in [2.75, 3.05) is 5.32 Å². The number of halogens is 2. The number of anilines is 1. The lowest BCUT2D eigenvalue weighted by Crippen LogP contribution is -2.15. The van der Waals surface area contributed by atoms with Gasteiger partial charge in [0.2, 0.25) is 0 Å². The Bertz CT molecular complexity index is 644. The van der Waals surface area contributed by atoms with Gasteiger partial charge in [-0.15, -0.1) is 0 Å². The zero-order valence-corrected chi connectivity index (χ0v) is 13.5. The topological polar surface area (TPSA) is 54.9 Å². The second-order valence-corrected chi connectivity index (χ2v) is 5.67. The van der Waals surface area contributed by atoms with Gasteiger partial charge in [-0.25, -0.2) is 9.97 Å². The Kier molecular flexibility index (Phi) is 4.31. The molecule has 6 heteroatoms. The lowest BCUT2D eigenvalue weighted by molar-refractivity contribution is 0.102. The molecule has 0 spiro atoms. The maximum Gasteiger partial charge on any atom is 0.257 e. The Morgan fingerprint density at radius 2 is 2.00 bits per heavy atom. The molecule has 0 saturated heterocycles. The lowest BCUT2D eigenvalue weighted by Gasteiger charge is -2.08. The number of nitrogens with one attached hydrogen (secondary N) is 1. The number of nitrogens with zero attached hydrogens (tertiary/aromatic N) is 2. The van der Waals surface area contributed by atoms with Crippen LogP contribution in [0.4, 0.5) is 5.82 Å². The molecule has 2 rings (SSSR count). The van der Waals surface area contributed by atoms with E-state index in [2.05, 4.69) is 47.1 Å². The van der Waals surface area contributed by atoms with Crippen LogP contribution >= 0.6 is 31.9 Å². The van der Waals surface area contributed by atoms with Crippen molar-refractivity contribution in [1.82, 2.24) is 9.97 Å². The summed E-state index contributed by atoms with van der Waals surface area (Å²) in [4.78, 5) is 20.4. The average molecular weight is 385 g/mol. The quantitative estimate of drug-likeness (QED) is 0.854. The van der Waals surface area contributed by atoms with Gasteiger partial charge in [-0.05, 0) is 57.3 Å². The molecule has 1 heterocycles. The van der Waals surface area contributed by atoms with E-state index in [4.69, 9.17) is 0 Å². The van der Waals surface area contributed by atoms with Crippen molar-refractivity contribution in [2.24, 2.45) is 0 Å². The van der Waals surface area contributed by atoms with Crippen LogP contribution in [-0.4, -0.2) is 15.9 Å². The number of aromatic nitrogens is 2. The number of carbonyl (C=O) groups is 1. The molecule has 1 N–H and O–H groups in total. The van der Waals surface area contributed by atoms with E-state index in [0.29, 0.717) is 20.6 Å². The Morgan fingerprint density at radius 1 is 1.26 bits per heavy atom. The van der Waals surface area contributed by atoms with Crippen LogP contribution in [-0.2, 0) is 0 Å². The molecule has 1 aromatic heterocycles. The standard InChI is InChI=1S/C13H11Br2N3O/c1-7-3-4-9(8(2)5-7)13(19)18-12-11(15)17-10(14)6-16-12/h3-6H,1-2H3,(H,16,18,19). The van der Waals surface area contributed by atoms with Gasteiger partial charge in [-0.2, -0.15) is 0 Å². The summed E-state index contributed by atoms with van der Waals surface area (Å²) in [5.41, 5.74) is 2.68. The van der Waals surface area contributed by atoms with Gasteiger partial charge in [0.15, 0.2) is 5.82 Å². The average Bonchev–Trinajstić information content (AvgIpc) is 2.32. The van der Waals surface area contributed by atoms with Crippen LogP contribution < -0.4 is 5.32 Å². The highest BCUT2D eigenvalue weighted by Gasteiger charge is 2.12. The van der Waals surface area contributed by atoms with Crippen LogP contribution in [0.25, 0.3) is 0 Å². The first kappa shape index (κ1) is 14.1. The summed E-state index contributed by atoms with van der Waals surface area (Å²) in [5.74, 6) is 0.197. The van der Waals surface area contributed by atoms with Crippen molar-refractivity contribution in [1.29, 1.82) is 0 Å². The van der Waals surface area contributed by atoms with Crippen LogP contribution in [0, 0.1) is 13.8 Å². The maximum atomic E-state index is 12.2. The van der Waals surface area contributed by atoms with Crippen LogP contribution in [0.5, 0.6) is 0 Å². The predicted octanol–water partition coefficient (Wildman–Crippen LogP) is 3.87. The van der Waals surface area contributed by atoms with E-state index in [-0.39, 0.29) is 5.91 Å². The Balaban J connectivity index is 2.25. The first-order valence-electron chi connectivity index (χ1n) is 5.54. The highest BCUT2D eigenvalue weighted by molar-refractivity contribution is 9.11. The normalized spacial score (nSPS) is 10.3. The molecule has 1 aromatic carbocycles. The highest BCUT2D eigenvalue weighted by atomic mass is 79.9. The van der Waals surface area contributed by atoms with Crippen molar-refractivity contribution in [3.63, 3.8) is 0 Å². The van der Waals surface area contributed by atoms with Crippen molar-refractivity contribution in [2.45, 2.75) is 13.8 Å². The fourth-order valence-electron chi connectivity index (χ4n) is 1.67. The summed E-state index contributed by atoms with van der Waals surface area (Å²) in [6, 6.07) is 5.68. The van der Waals surface area contributed by atoms with Crippen molar-refractivity contribution in [3.8, 4) is 0 Å². The summed E-state index contributed by atoms with van der Waals surface area (Å²) in [6.45, 7) is 3.90. The number of amides is 1. The first-order chi connectivity index (χ1) is 8.97. The van der Waals surface area contributed by atoms with Gasteiger partial charge in [0, 0.05) is 5.56 Å². The Labute approximate surface area is 127 Å². The highest BCUT2D eigenvalue weighted by Crippen LogP contribution is 2.20. The summed E-state index contributed by atoms with van der Waals surface area (Å²) in [6.07, 6.45) is 1.53. The van der Waals surface area contributed by atoms with Gasteiger partial charge in [-0.3, -0.25) is 4.79 Å². The minimum absolute atomic E-state index is 0.199. The van der Waals surface area contributed by atoms with Crippen LogP contribution in [0.2, 0.25) is 0 Å². The second-order valence-electron chi connectivity index (χ2n) is 4.10. The zero-order valence-electron chi connectivity index (χ0n) is 10.4. The number of aryl methyl sites for hydroxylation is 2. The van der Waals surface area contributed by atoms with E-state index in [0.717, 1.165) is 11.1 Å². The maximum absolute atomic E-state index is 12.2.